The van der Waals surface area contributed by atoms with Crippen molar-refractivity contribution in [3.63, 3.8) is 0 Å². The highest BCUT2D eigenvalue weighted by Gasteiger charge is 2.27. The van der Waals surface area contributed by atoms with Crippen molar-refractivity contribution in [2.24, 2.45) is 11.7 Å². The molecule has 1 amide bonds. The number of hydrogen-bond donors (Lipinski definition) is 2. The van der Waals surface area contributed by atoms with E-state index in [2.05, 4.69) is 41.4 Å². The molecule has 3 rings (SSSR count). The van der Waals surface area contributed by atoms with Crippen LogP contribution in [0.15, 0.2) is 24.3 Å². The highest BCUT2D eigenvalue weighted by Crippen LogP contribution is 2.24. The lowest BCUT2D eigenvalue weighted by Crippen LogP contribution is -2.47. The number of carbonyl (C=O) groups excluding carboxylic acids is 1. The standard InChI is InChI=1S/C20H31N3O/c1-2-19(13-22-20(24)16-8-5-9-18(21)12-16)23-11-10-15-6-3-4-7-17(15)14-23/h3-4,6-7,16,18-19H,2,5,8-14,21H2,1H3,(H,22,24). The Kier molecular flexibility index (Phi) is 5.90. The van der Waals surface area contributed by atoms with Crippen molar-refractivity contribution in [2.45, 2.75) is 64.1 Å². The van der Waals surface area contributed by atoms with E-state index in [4.69, 9.17) is 5.73 Å². The molecule has 0 bridgehead atoms. The van der Waals surface area contributed by atoms with E-state index in [9.17, 15) is 4.79 Å². The summed E-state index contributed by atoms with van der Waals surface area (Å²) in [4.78, 5) is 15.0. The van der Waals surface area contributed by atoms with Crippen LogP contribution in [-0.4, -0.2) is 36.0 Å². The molecule has 3 N–H and O–H groups in total. The summed E-state index contributed by atoms with van der Waals surface area (Å²) < 4.78 is 0. The van der Waals surface area contributed by atoms with Gasteiger partial charge in [-0.05, 0) is 43.2 Å². The largest absolute Gasteiger partial charge is 0.354 e. The van der Waals surface area contributed by atoms with Crippen molar-refractivity contribution in [2.75, 3.05) is 13.1 Å². The second-order valence-corrected chi connectivity index (χ2v) is 7.42. The van der Waals surface area contributed by atoms with Crippen LogP contribution in [0, 0.1) is 5.92 Å². The second-order valence-electron chi connectivity index (χ2n) is 7.42. The Morgan fingerprint density at radius 2 is 2.12 bits per heavy atom. The smallest absolute Gasteiger partial charge is 0.223 e. The summed E-state index contributed by atoms with van der Waals surface area (Å²) in [5.41, 5.74) is 8.93. The Hall–Kier alpha value is -1.39. The Morgan fingerprint density at radius 1 is 1.33 bits per heavy atom. The van der Waals surface area contributed by atoms with E-state index in [0.29, 0.717) is 6.04 Å². The van der Waals surface area contributed by atoms with E-state index < -0.39 is 0 Å². The van der Waals surface area contributed by atoms with Gasteiger partial charge in [-0.1, -0.05) is 37.6 Å². The fourth-order valence-electron chi connectivity index (χ4n) is 4.19. The summed E-state index contributed by atoms with van der Waals surface area (Å²) in [7, 11) is 0. The lowest BCUT2D eigenvalue weighted by Gasteiger charge is -2.35. The number of rotatable bonds is 5. The van der Waals surface area contributed by atoms with Gasteiger partial charge in [0.15, 0.2) is 0 Å². The molecule has 3 unspecified atom stereocenters. The van der Waals surface area contributed by atoms with Crippen LogP contribution in [0.1, 0.15) is 50.2 Å². The SMILES string of the molecule is CCC(CNC(=O)C1CCCC(N)C1)N1CCc2ccccc2C1. The zero-order valence-corrected chi connectivity index (χ0v) is 14.8. The van der Waals surface area contributed by atoms with E-state index in [1.54, 1.807) is 0 Å². The van der Waals surface area contributed by atoms with Crippen LogP contribution in [0.25, 0.3) is 0 Å². The number of fused-ring (bicyclic) bond motifs is 1. The minimum absolute atomic E-state index is 0.119. The Bertz CT molecular complexity index is 560. The number of amides is 1. The van der Waals surface area contributed by atoms with Crippen LogP contribution in [-0.2, 0) is 17.8 Å². The van der Waals surface area contributed by atoms with E-state index in [1.165, 1.54) is 11.1 Å². The minimum atomic E-state index is 0.119. The molecule has 4 nitrogen and oxygen atoms in total. The molecule has 1 aliphatic heterocycles. The van der Waals surface area contributed by atoms with Gasteiger partial charge in [0.05, 0.1) is 0 Å². The topological polar surface area (TPSA) is 58.4 Å². The molecular weight excluding hydrogens is 298 g/mol. The average molecular weight is 329 g/mol. The number of hydrogen-bond acceptors (Lipinski definition) is 3. The molecule has 0 radical (unpaired) electrons. The zero-order valence-electron chi connectivity index (χ0n) is 14.8. The van der Waals surface area contributed by atoms with Gasteiger partial charge < -0.3 is 11.1 Å². The molecule has 132 valence electrons. The van der Waals surface area contributed by atoms with Crippen molar-refractivity contribution in [1.29, 1.82) is 0 Å². The normalized spacial score (nSPS) is 25.8. The van der Waals surface area contributed by atoms with Crippen LogP contribution in [0.3, 0.4) is 0 Å². The van der Waals surface area contributed by atoms with Gasteiger partial charge in [-0.3, -0.25) is 9.69 Å². The van der Waals surface area contributed by atoms with Crippen LogP contribution in [0.2, 0.25) is 0 Å². The molecule has 1 aliphatic carbocycles. The molecule has 1 heterocycles. The maximum Gasteiger partial charge on any atom is 0.223 e. The van der Waals surface area contributed by atoms with Crippen LogP contribution in [0.4, 0.5) is 0 Å². The first-order valence-corrected chi connectivity index (χ1v) is 9.51. The fraction of sp³-hybridized carbons (Fsp3) is 0.650. The van der Waals surface area contributed by atoms with Gasteiger partial charge in [0.1, 0.15) is 0 Å². The van der Waals surface area contributed by atoms with Crippen LogP contribution in [0.5, 0.6) is 0 Å². The molecule has 0 saturated heterocycles. The summed E-state index contributed by atoms with van der Waals surface area (Å²) in [6.45, 7) is 5.05. The molecule has 1 aromatic carbocycles. The van der Waals surface area contributed by atoms with Gasteiger partial charge >= 0.3 is 0 Å². The lowest BCUT2D eigenvalue weighted by molar-refractivity contribution is -0.126. The summed E-state index contributed by atoms with van der Waals surface area (Å²) in [6.07, 6.45) is 6.16. The first kappa shape index (κ1) is 17.4. The minimum Gasteiger partial charge on any atom is -0.354 e. The molecule has 4 heteroatoms. The molecule has 1 fully saturated rings. The van der Waals surface area contributed by atoms with Gasteiger partial charge in [-0.2, -0.15) is 0 Å². The number of nitrogens with zero attached hydrogens (tertiary/aromatic N) is 1. The quantitative estimate of drug-likeness (QED) is 0.872. The maximum atomic E-state index is 12.5. The highest BCUT2D eigenvalue weighted by molar-refractivity contribution is 5.78. The summed E-state index contributed by atoms with van der Waals surface area (Å²) in [5, 5.41) is 3.21. The zero-order chi connectivity index (χ0) is 16.9. The van der Waals surface area contributed by atoms with Gasteiger partial charge in [0.2, 0.25) is 5.91 Å². The Labute approximate surface area is 145 Å². The number of nitrogens with two attached hydrogens (primary N) is 1. The molecule has 2 aliphatic rings. The van der Waals surface area contributed by atoms with Crippen molar-refractivity contribution >= 4 is 5.91 Å². The molecule has 0 spiro atoms. The molecule has 0 aromatic heterocycles. The van der Waals surface area contributed by atoms with Gasteiger partial charge in [0, 0.05) is 37.6 Å². The number of benzene rings is 1. The summed E-state index contributed by atoms with van der Waals surface area (Å²) in [5.74, 6) is 0.328. The van der Waals surface area contributed by atoms with Crippen molar-refractivity contribution in [3.8, 4) is 0 Å². The Balaban J connectivity index is 1.53. The van der Waals surface area contributed by atoms with E-state index in [-0.39, 0.29) is 17.9 Å². The van der Waals surface area contributed by atoms with Crippen molar-refractivity contribution in [3.05, 3.63) is 35.4 Å². The fourth-order valence-corrected chi connectivity index (χ4v) is 4.19. The maximum absolute atomic E-state index is 12.5. The average Bonchev–Trinajstić information content (AvgIpc) is 2.62. The van der Waals surface area contributed by atoms with Crippen LogP contribution >= 0.6 is 0 Å². The first-order chi connectivity index (χ1) is 11.7. The highest BCUT2D eigenvalue weighted by atomic mass is 16.1. The van der Waals surface area contributed by atoms with Crippen LogP contribution < -0.4 is 11.1 Å². The third-order valence-electron chi connectivity index (χ3n) is 5.75. The predicted molar refractivity (Wildman–Crippen MR) is 97.6 cm³/mol. The van der Waals surface area contributed by atoms with Gasteiger partial charge in [0.25, 0.3) is 0 Å². The van der Waals surface area contributed by atoms with E-state index >= 15 is 0 Å². The predicted octanol–water partition coefficient (Wildman–Crippen LogP) is 2.46. The van der Waals surface area contributed by atoms with Gasteiger partial charge in [-0.15, -0.1) is 0 Å². The number of carbonyl (C=O) groups is 1. The Morgan fingerprint density at radius 3 is 2.88 bits per heavy atom. The summed E-state index contributed by atoms with van der Waals surface area (Å²) in [6, 6.07) is 9.34. The molecule has 3 atom stereocenters. The van der Waals surface area contributed by atoms with Crippen molar-refractivity contribution in [1.82, 2.24) is 10.2 Å². The number of nitrogens with one attached hydrogen (secondary N) is 1. The van der Waals surface area contributed by atoms with Crippen molar-refractivity contribution < 1.29 is 4.79 Å². The third-order valence-corrected chi connectivity index (χ3v) is 5.75. The van der Waals surface area contributed by atoms with E-state index in [1.807, 2.05) is 0 Å². The third kappa shape index (κ3) is 4.17. The lowest BCUT2D eigenvalue weighted by atomic mass is 9.85. The molecule has 1 saturated carbocycles. The molecule has 1 aromatic rings. The van der Waals surface area contributed by atoms with E-state index in [0.717, 1.165) is 58.2 Å². The summed E-state index contributed by atoms with van der Waals surface area (Å²) >= 11 is 0. The van der Waals surface area contributed by atoms with Gasteiger partial charge in [-0.25, -0.2) is 0 Å². The molecular formula is C20H31N3O. The first-order valence-electron chi connectivity index (χ1n) is 9.51. The monoisotopic (exact) mass is 329 g/mol. The second kappa shape index (κ2) is 8.13. The molecule has 24 heavy (non-hydrogen) atoms.